The van der Waals surface area contributed by atoms with Crippen molar-refractivity contribution in [3.05, 3.63) is 62.9 Å². The fourth-order valence-corrected chi connectivity index (χ4v) is 5.02. The van der Waals surface area contributed by atoms with Gasteiger partial charge in [-0.1, -0.05) is 29.3 Å². The average Bonchev–Trinajstić information content (AvgIpc) is 3.15. The van der Waals surface area contributed by atoms with Gasteiger partial charge in [0.2, 0.25) is 0 Å². The van der Waals surface area contributed by atoms with Gasteiger partial charge in [0.25, 0.3) is 0 Å². The number of carbonyl (C=O) groups excluding carboxylic acids is 1. The van der Waals surface area contributed by atoms with Gasteiger partial charge in [0.05, 0.1) is 13.0 Å². The Kier molecular flexibility index (Phi) is 6.51. The molecule has 0 aromatic heterocycles. The fourth-order valence-electron chi connectivity index (χ4n) is 4.51. The van der Waals surface area contributed by atoms with Gasteiger partial charge >= 0.3 is 5.97 Å². The first kappa shape index (κ1) is 21.4. The van der Waals surface area contributed by atoms with Crippen molar-refractivity contribution in [3.8, 4) is 5.75 Å². The van der Waals surface area contributed by atoms with E-state index in [9.17, 15) is 9.18 Å². The lowest BCUT2D eigenvalue weighted by Gasteiger charge is -2.35. The van der Waals surface area contributed by atoms with Crippen molar-refractivity contribution < 1.29 is 18.7 Å². The number of methoxy groups -OCH3 is 1. The summed E-state index contributed by atoms with van der Waals surface area (Å²) in [6.45, 7) is 1.74. The summed E-state index contributed by atoms with van der Waals surface area (Å²) in [6.07, 6.45) is 3.37. The number of halogens is 3. The molecule has 1 aliphatic carbocycles. The number of fused-ring (bicyclic) bond motifs is 1. The molecule has 1 fully saturated rings. The number of esters is 1. The third kappa shape index (κ3) is 4.29. The molecule has 1 unspecified atom stereocenters. The molecule has 1 atom stereocenters. The van der Waals surface area contributed by atoms with E-state index < -0.39 is 0 Å². The van der Waals surface area contributed by atoms with Crippen LogP contribution in [0.5, 0.6) is 5.75 Å². The Morgan fingerprint density at radius 3 is 2.53 bits per heavy atom. The minimum Gasteiger partial charge on any atom is -0.486 e. The first-order valence-corrected chi connectivity index (χ1v) is 10.9. The Morgan fingerprint density at radius 1 is 1.17 bits per heavy atom. The van der Waals surface area contributed by atoms with E-state index in [0.29, 0.717) is 15.6 Å². The molecule has 4 rings (SSSR count). The van der Waals surface area contributed by atoms with Gasteiger partial charge in [0.1, 0.15) is 6.61 Å². The number of aryl methyl sites for hydroxylation is 1. The summed E-state index contributed by atoms with van der Waals surface area (Å²) in [6, 6.07) is 8.82. The number of benzene rings is 2. The fraction of sp³-hybridized carbons (Fsp3) is 0.435. The second kappa shape index (κ2) is 9.13. The van der Waals surface area contributed by atoms with Gasteiger partial charge < -0.3 is 9.47 Å². The molecule has 2 aliphatic rings. The zero-order valence-corrected chi connectivity index (χ0v) is 18.3. The number of nitrogens with zero attached hydrogens (tertiary/aromatic N) is 1. The molecule has 0 spiro atoms. The summed E-state index contributed by atoms with van der Waals surface area (Å²) in [4.78, 5) is 14.1. The summed E-state index contributed by atoms with van der Waals surface area (Å²) >= 11 is 12.4. The zero-order chi connectivity index (χ0) is 21.3. The van der Waals surface area contributed by atoms with Crippen molar-refractivity contribution >= 4 is 29.2 Å². The summed E-state index contributed by atoms with van der Waals surface area (Å²) in [5, 5.41) is 0.999. The summed E-state index contributed by atoms with van der Waals surface area (Å²) in [7, 11) is 1.43. The number of hydrogen-bond donors (Lipinski definition) is 0. The van der Waals surface area contributed by atoms with Crippen LogP contribution < -0.4 is 4.74 Å². The molecular weight excluding hydrogens is 428 g/mol. The van der Waals surface area contributed by atoms with Crippen molar-refractivity contribution in [2.24, 2.45) is 5.92 Å². The Morgan fingerprint density at radius 2 is 1.87 bits per heavy atom. The van der Waals surface area contributed by atoms with Crippen molar-refractivity contribution in [3.63, 3.8) is 0 Å². The van der Waals surface area contributed by atoms with Crippen LogP contribution in [0, 0.1) is 11.7 Å². The van der Waals surface area contributed by atoms with Crippen LogP contribution in [-0.4, -0.2) is 31.1 Å². The van der Waals surface area contributed by atoms with Gasteiger partial charge in [-0.15, -0.1) is 0 Å². The summed E-state index contributed by atoms with van der Waals surface area (Å²) in [5.74, 6) is -0.327. The highest BCUT2D eigenvalue weighted by Gasteiger charge is 2.34. The van der Waals surface area contributed by atoms with Gasteiger partial charge in [-0.05, 0) is 74.2 Å². The van der Waals surface area contributed by atoms with Crippen LogP contribution in [0.1, 0.15) is 42.0 Å². The standard InChI is InChI=1S/C23H24Cl2FNO3/c1-29-23(28)14-7-9-27(10-8-14)21-6-5-15-11-22(20(26)12-16(15)21)30-13-17-18(24)3-2-4-19(17)25/h2-4,11-12,14,21H,5-10,13H2,1H3. The van der Waals surface area contributed by atoms with Gasteiger partial charge in [0.15, 0.2) is 11.6 Å². The van der Waals surface area contributed by atoms with E-state index >= 15 is 0 Å². The predicted octanol–water partition coefficient (Wildman–Crippen LogP) is 5.58. The van der Waals surface area contributed by atoms with Crippen molar-refractivity contribution in [1.29, 1.82) is 0 Å². The van der Waals surface area contributed by atoms with Crippen LogP contribution in [0.4, 0.5) is 4.39 Å². The number of piperidine rings is 1. The largest absolute Gasteiger partial charge is 0.486 e. The Balaban J connectivity index is 1.45. The number of hydrogen-bond acceptors (Lipinski definition) is 4. The zero-order valence-electron chi connectivity index (χ0n) is 16.8. The molecule has 7 heteroatoms. The quantitative estimate of drug-likeness (QED) is 0.555. The first-order valence-electron chi connectivity index (χ1n) is 10.2. The van der Waals surface area contributed by atoms with E-state index in [1.807, 2.05) is 0 Å². The summed E-state index contributed by atoms with van der Waals surface area (Å²) in [5.41, 5.74) is 2.77. The lowest BCUT2D eigenvalue weighted by Crippen LogP contribution is -2.38. The molecule has 2 aromatic carbocycles. The first-order chi connectivity index (χ1) is 14.5. The third-order valence-corrected chi connectivity index (χ3v) is 6.89. The molecule has 4 nitrogen and oxygen atoms in total. The van der Waals surface area contributed by atoms with Crippen LogP contribution in [0.2, 0.25) is 10.0 Å². The molecule has 1 heterocycles. The van der Waals surface area contributed by atoms with Gasteiger partial charge in [-0.25, -0.2) is 4.39 Å². The normalized spacial score (nSPS) is 19.5. The molecule has 0 saturated carbocycles. The Hall–Kier alpha value is -1.82. The van der Waals surface area contributed by atoms with Crippen LogP contribution in [0.3, 0.4) is 0 Å². The van der Waals surface area contributed by atoms with E-state index in [4.69, 9.17) is 32.7 Å². The maximum absolute atomic E-state index is 14.8. The maximum Gasteiger partial charge on any atom is 0.308 e. The van der Waals surface area contributed by atoms with Crippen molar-refractivity contribution in [1.82, 2.24) is 4.90 Å². The highest BCUT2D eigenvalue weighted by atomic mass is 35.5. The molecular formula is C23H24Cl2FNO3. The van der Waals surface area contributed by atoms with Crippen LogP contribution in [0.15, 0.2) is 30.3 Å². The van der Waals surface area contributed by atoms with Crippen LogP contribution in [0.25, 0.3) is 0 Å². The van der Waals surface area contributed by atoms with Crippen LogP contribution in [-0.2, 0) is 22.6 Å². The second-order valence-corrected chi connectivity index (χ2v) is 8.67. The third-order valence-electron chi connectivity index (χ3n) is 6.18. The molecule has 0 bridgehead atoms. The van der Waals surface area contributed by atoms with Crippen molar-refractivity contribution in [2.45, 2.75) is 38.3 Å². The van der Waals surface area contributed by atoms with Gasteiger partial charge in [-0.3, -0.25) is 9.69 Å². The topological polar surface area (TPSA) is 38.8 Å². The summed E-state index contributed by atoms with van der Waals surface area (Å²) < 4.78 is 25.4. The maximum atomic E-state index is 14.8. The predicted molar refractivity (Wildman–Crippen MR) is 115 cm³/mol. The molecule has 2 aromatic rings. The number of likely N-dealkylation sites (tertiary alicyclic amines) is 1. The SMILES string of the molecule is COC(=O)C1CCN(C2CCc3cc(OCc4c(Cl)cccc4Cl)c(F)cc32)CC1. The van der Waals surface area contributed by atoms with Crippen LogP contribution >= 0.6 is 23.2 Å². The molecule has 1 aliphatic heterocycles. The number of carbonyl (C=O) groups is 1. The highest BCUT2D eigenvalue weighted by Crippen LogP contribution is 2.40. The molecule has 0 radical (unpaired) electrons. The minimum absolute atomic E-state index is 0.0312. The van der Waals surface area contributed by atoms with E-state index in [-0.39, 0.29) is 36.1 Å². The monoisotopic (exact) mass is 451 g/mol. The van der Waals surface area contributed by atoms with E-state index in [2.05, 4.69) is 4.90 Å². The van der Waals surface area contributed by atoms with Gasteiger partial charge in [-0.2, -0.15) is 0 Å². The average molecular weight is 452 g/mol. The molecule has 0 amide bonds. The smallest absolute Gasteiger partial charge is 0.308 e. The Labute approximate surface area is 185 Å². The Bertz CT molecular complexity index is 924. The highest BCUT2D eigenvalue weighted by molar-refractivity contribution is 6.35. The van der Waals surface area contributed by atoms with E-state index in [1.54, 1.807) is 30.3 Å². The molecule has 0 N–H and O–H groups in total. The molecule has 1 saturated heterocycles. The second-order valence-electron chi connectivity index (χ2n) is 7.86. The lowest BCUT2D eigenvalue weighted by atomic mass is 9.94. The molecule has 30 heavy (non-hydrogen) atoms. The number of ether oxygens (including phenoxy) is 2. The number of rotatable bonds is 5. The minimum atomic E-state index is -0.381. The molecule has 160 valence electrons. The van der Waals surface area contributed by atoms with Gasteiger partial charge in [0, 0.05) is 21.7 Å². The van der Waals surface area contributed by atoms with E-state index in [0.717, 1.165) is 49.9 Å². The van der Waals surface area contributed by atoms with E-state index in [1.165, 1.54) is 7.11 Å². The lowest BCUT2D eigenvalue weighted by molar-refractivity contribution is -0.147. The van der Waals surface area contributed by atoms with Crippen molar-refractivity contribution in [2.75, 3.05) is 20.2 Å².